The number of carboxylic acid groups (broad SMARTS) is 1. The minimum Gasteiger partial charge on any atom is -0.490 e. The van der Waals surface area contributed by atoms with E-state index < -0.39 is 12.6 Å². The lowest BCUT2D eigenvalue weighted by molar-refractivity contribution is -0.139. The summed E-state index contributed by atoms with van der Waals surface area (Å²) in [6.45, 7) is 5.72. The molecule has 2 rings (SSSR count). The number of aryl methyl sites for hydroxylation is 1. The Balaban J connectivity index is 2.11. The summed E-state index contributed by atoms with van der Waals surface area (Å²) in [5.74, 6) is -0.694. The highest BCUT2D eigenvalue weighted by molar-refractivity contribution is 5.95. The van der Waals surface area contributed by atoms with E-state index in [0.29, 0.717) is 23.7 Å². The van der Waals surface area contributed by atoms with Crippen LogP contribution >= 0.6 is 0 Å². The van der Waals surface area contributed by atoms with Crippen molar-refractivity contribution in [1.29, 1.82) is 0 Å². The number of aliphatic carboxylic acids is 1. The zero-order chi connectivity index (χ0) is 19.8. The lowest BCUT2D eigenvalue weighted by Crippen LogP contribution is -2.26. The fourth-order valence-corrected chi connectivity index (χ4v) is 2.58. The highest BCUT2D eigenvalue weighted by Gasteiger charge is 2.15. The number of carbonyl (C=O) groups is 2. The van der Waals surface area contributed by atoms with Gasteiger partial charge in [-0.2, -0.15) is 0 Å². The molecule has 144 valence electrons. The second-order valence-corrected chi connectivity index (χ2v) is 6.07. The van der Waals surface area contributed by atoms with Crippen LogP contribution in [-0.4, -0.2) is 30.2 Å². The molecule has 0 heterocycles. The molecule has 1 unspecified atom stereocenters. The largest absolute Gasteiger partial charge is 0.490 e. The van der Waals surface area contributed by atoms with Crippen molar-refractivity contribution in [2.75, 3.05) is 13.2 Å². The Hall–Kier alpha value is -3.02. The average Bonchev–Trinajstić information content (AvgIpc) is 2.67. The lowest BCUT2D eigenvalue weighted by atomic mass is 10.0. The molecule has 1 amide bonds. The van der Waals surface area contributed by atoms with Crippen molar-refractivity contribution < 1.29 is 24.2 Å². The topological polar surface area (TPSA) is 84.9 Å². The summed E-state index contributed by atoms with van der Waals surface area (Å²) in [6.07, 6.45) is 0.970. The first-order valence-corrected chi connectivity index (χ1v) is 8.95. The van der Waals surface area contributed by atoms with E-state index in [1.807, 2.05) is 19.1 Å². The zero-order valence-corrected chi connectivity index (χ0v) is 15.8. The summed E-state index contributed by atoms with van der Waals surface area (Å²) in [6, 6.07) is 12.7. The number of hydrogen-bond donors (Lipinski definition) is 2. The molecular formula is C21H25NO5. The molecular weight excluding hydrogens is 346 g/mol. The molecule has 0 bridgehead atoms. The van der Waals surface area contributed by atoms with Gasteiger partial charge in [-0.3, -0.25) is 4.79 Å². The summed E-state index contributed by atoms with van der Waals surface area (Å²) >= 11 is 0. The second kappa shape index (κ2) is 9.62. The van der Waals surface area contributed by atoms with Gasteiger partial charge in [0, 0.05) is 5.56 Å². The summed E-state index contributed by atoms with van der Waals surface area (Å²) in [5.41, 5.74) is 2.68. The summed E-state index contributed by atoms with van der Waals surface area (Å²) in [5, 5.41) is 11.7. The van der Waals surface area contributed by atoms with E-state index in [1.54, 1.807) is 25.1 Å². The summed E-state index contributed by atoms with van der Waals surface area (Å²) in [4.78, 5) is 23.3. The highest BCUT2D eigenvalue weighted by atomic mass is 16.5. The van der Waals surface area contributed by atoms with Gasteiger partial charge in [0.25, 0.3) is 5.91 Å². The molecule has 2 aromatic rings. The van der Waals surface area contributed by atoms with Gasteiger partial charge >= 0.3 is 5.97 Å². The van der Waals surface area contributed by atoms with Crippen LogP contribution < -0.4 is 14.8 Å². The SMILES string of the molecule is CCOc1cc(C(=O)NC(C)c2ccc(CC)cc2)ccc1OCC(=O)O. The van der Waals surface area contributed by atoms with Crippen LogP contribution in [0.4, 0.5) is 0 Å². The fourth-order valence-electron chi connectivity index (χ4n) is 2.58. The Labute approximate surface area is 159 Å². The van der Waals surface area contributed by atoms with E-state index in [0.717, 1.165) is 12.0 Å². The van der Waals surface area contributed by atoms with Crippen LogP contribution in [0.15, 0.2) is 42.5 Å². The van der Waals surface area contributed by atoms with E-state index >= 15 is 0 Å². The van der Waals surface area contributed by atoms with E-state index in [2.05, 4.69) is 24.4 Å². The maximum atomic E-state index is 12.6. The standard InChI is InChI=1S/C21H25NO5/c1-4-15-6-8-16(9-7-15)14(3)22-21(25)17-10-11-18(27-13-20(23)24)19(12-17)26-5-2/h6-12,14H,4-5,13H2,1-3H3,(H,22,25)(H,23,24). The van der Waals surface area contributed by atoms with Crippen molar-refractivity contribution in [3.05, 3.63) is 59.2 Å². The molecule has 6 heteroatoms. The average molecular weight is 371 g/mol. The van der Waals surface area contributed by atoms with Crippen LogP contribution in [0.5, 0.6) is 11.5 Å². The molecule has 0 aliphatic carbocycles. The molecule has 0 fully saturated rings. The number of hydrogen-bond acceptors (Lipinski definition) is 4. The van der Waals surface area contributed by atoms with Gasteiger partial charge < -0.3 is 19.9 Å². The Morgan fingerprint density at radius 1 is 1.04 bits per heavy atom. The predicted molar refractivity (Wildman–Crippen MR) is 102 cm³/mol. The zero-order valence-electron chi connectivity index (χ0n) is 15.8. The van der Waals surface area contributed by atoms with E-state index in [4.69, 9.17) is 14.6 Å². The summed E-state index contributed by atoms with van der Waals surface area (Å²) < 4.78 is 10.7. The van der Waals surface area contributed by atoms with Crippen molar-refractivity contribution in [2.24, 2.45) is 0 Å². The molecule has 0 saturated carbocycles. The van der Waals surface area contributed by atoms with Crippen molar-refractivity contribution in [2.45, 2.75) is 33.2 Å². The Kier molecular flexibility index (Phi) is 7.23. The highest BCUT2D eigenvalue weighted by Crippen LogP contribution is 2.29. The van der Waals surface area contributed by atoms with Crippen LogP contribution in [0.25, 0.3) is 0 Å². The quantitative estimate of drug-likeness (QED) is 0.703. The third-order valence-electron chi connectivity index (χ3n) is 4.09. The molecule has 6 nitrogen and oxygen atoms in total. The molecule has 2 N–H and O–H groups in total. The van der Waals surface area contributed by atoms with Crippen LogP contribution in [0.2, 0.25) is 0 Å². The third kappa shape index (κ3) is 5.74. The van der Waals surface area contributed by atoms with E-state index in [9.17, 15) is 9.59 Å². The minimum absolute atomic E-state index is 0.151. The van der Waals surface area contributed by atoms with E-state index in [-0.39, 0.29) is 11.9 Å². The summed E-state index contributed by atoms with van der Waals surface area (Å²) in [7, 11) is 0. The Bertz CT molecular complexity index is 786. The molecule has 0 aliphatic rings. The van der Waals surface area contributed by atoms with Gasteiger partial charge in [-0.05, 0) is 49.6 Å². The molecule has 0 saturated heterocycles. The van der Waals surface area contributed by atoms with Crippen LogP contribution in [-0.2, 0) is 11.2 Å². The number of nitrogens with one attached hydrogen (secondary N) is 1. The molecule has 0 aromatic heterocycles. The number of ether oxygens (including phenoxy) is 2. The maximum Gasteiger partial charge on any atom is 0.341 e. The molecule has 0 aliphatic heterocycles. The molecule has 27 heavy (non-hydrogen) atoms. The van der Waals surface area contributed by atoms with Crippen molar-refractivity contribution in [3.8, 4) is 11.5 Å². The lowest BCUT2D eigenvalue weighted by Gasteiger charge is -2.16. The first kappa shape index (κ1) is 20.3. The van der Waals surface area contributed by atoms with Crippen LogP contribution in [0.1, 0.15) is 48.3 Å². The van der Waals surface area contributed by atoms with Crippen molar-refractivity contribution >= 4 is 11.9 Å². The monoisotopic (exact) mass is 371 g/mol. The van der Waals surface area contributed by atoms with Gasteiger partial charge in [-0.15, -0.1) is 0 Å². The number of carboxylic acids is 1. The number of benzene rings is 2. The van der Waals surface area contributed by atoms with Crippen molar-refractivity contribution in [3.63, 3.8) is 0 Å². The number of carbonyl (C=O) groups excluding carboxylic acids is 1. The van der Waals surface area contributed by atoms with Gasteiger partial charge in [-0.25, -0.2) is 4.79 Å². The second-order valence-electron chi connectivity index (χ2n) is 6.07. The fraction of sp³-hybridized carbons (Fsp3) is 0.333. The molecule has 0 radical (unpaired) electrons. The van der Waals surface area contributed by atoms with Crippen molar-refractivity contribution in [1.82, 2.24) is 5.32 Å². The van der Waals surface area contributed by atoms with E-state index in [1.165, 1.54) is 5.56 Å². The van der Waals surface area contributed by atoms with Gasteiger partial charge in [0.05, 0.1) is 12.6 Å². The van der Waals surface area contributed by atoms with Gasteiger partial charge in [0.15, 0.2) is 18.1 Å². The molecule has 1 atom stereocenters. The smallest absolute Gasteiger partial charge is 0.341 e. The van der Waals surface area contributed by atoms with Crippen LogP contribution in [0.3, 0.4) is 0 Å². The Morgan fingerprint density at radius 2 is 1.74 bits per heavy atom. The van der Waals surface area contributed by atoms with Gasteiger partial charge in [-0.1, -0.05) is 31.2 Å². The maximum absolute atomic E-state index is 12.6. The van der Waals surface area contributed by atoms with Gasteiger partial charge in [0.1, 0.15) is 0 Å². The minimum atomic E-state index is -1.08. The number of amides is 1. The first-order chi connectivity index (χ1) is 12.9. The molecule has 0 spiro atoms. The number of rotatable bonds is 9. The van der Waals surface area contributed by atoms with Gasteiger partial charge in [0.2, 0.25) is 0 Å². The third-order valence-corrected chi connectivity index (χ3v) is 4.09. The molecule has 2 aromatic carbocycles. The normalized spacial score (nSPS) is 11.5. The first-order valence-electron chi connectivity index (χ1n) is 8.95. The Morgan fingerprint density at radius 3 is 2.33 bits per heavy atom. The predicted octanol–water partition coefficient (Wildman–Crippen LogP) is 3.60. The van der Waals surface area contributed by atoms with Crippen LogP contribution in [0, 0.1) is 0 Å².